The van der Waals surface area contributed by atoms with Gasteiger partial charge in [-0.1, -0.05) is 24.2 Å². The molecule has 0 spiro atoms. The predicted molar refractivity (Wildman–Crippen MR) is 81.9 cm³/mol. The molecule has 0 aliphatic heterocycles. The van der Waals surface area contributed by atoms with E-state index in [0.29, 0.717) is 11.5 Å². The summed E-state index contributed by atoms with van der Waals surface area (Å²) in [4.78, 5) is 2.89. The van der Waals surface area contributed by atoms with Crippen LogP contribution in [0.2, 0.25) is 0 Å². The van der Waals surface area contributed by atoms with Gasteiger partial charge in [-0.3, -0.25) is 0 Å². The maximum absolute atomic E-state index is 5.40. The predicted octanol–water partition coefficient (Wildman–Crippen LogP) is 2.53. The van der Waals surface area contributed by atoms with Crippen LogP contribution in [0.3, 0.4) is 0 Å². The highest BCUT2D eigenvalue weighted by Crippen LogP contribution is 2.28. The molecule has 1 aromatic carbocycles. The molecular weight excluding hydrogens is 258 g/mol. The molecule has 0 saturated heterocycles. The number of ether oxygens (including phenoxy) is 2. The fourth-order valence-electron chi connectivity index (χ4n) is 1.58. The number of benzene rings is 1. The molecular formula is C15H19NO2S. The second kappa shape index (κ2) is 7.65. The zero-order valence-corrected chi connectivity index (χ0v) is 12.4. The smallest absolute Gasteiger partial charge is 0.162 e. The van der Waals surface area contributed by atoms with Gasteiger partial charge in [0.1, 0.15) is 6.61 Å². The molecule has 0 radical (unpaired) electrons. The molecule has 0 fully saturated rings. The topological polar surface area (TPSA) is 21.7 Å². The van der Waals surface area contributed by atoms with Gasteiger partial charge >= 0.3 is 0 Å². The number of methoxy groups -OCH3 is 1. The number of terminal acetylenes is 1. The highest BCUT2D eigenvalue weighted by Gasteiger charge is 2.07. The molecule has 0 unspecified atom stereocenters. The summed E-state index contributed by atoms with van der Waals surface area (Å²) in [5, 5.41) is 0. The number of nitrogens with zero attached hydrogens (tertiary/aromatic N) is 1. The second-order valence-electron chi connectivity index (χ2n) is 4.27. The molecule has 0 heterocycles. The van der Waals surface area contributed by atoms with Crippen LogP contribution in [0.1, 0.15) is 12.0 Å². The van der Waals surface area contributed by atoms with Crippen LogP contribution in [0.15, 0.2) is 18.2 Å². The minimum Gasteiger partial charge on any atom is -0.493 e. The first-order valence-corrected chi connectivity index (χ1v) is 6.42. The normalized spacial score (nSPS) is 9.58. The molecule has 4 heteroatoms. The van der Waals surface area contributed by atoms with E-state index in [1.807, 2.05) is 37.2 Å². The van der Waals surface area contributed by atoms with Gasteiger partial charge in [-0.15, -0.1) is 6.42 Å². The van der Waals surface area contributed by atoms with E-state index in [4.69, 9.17) is 28.1 Å². The van der Waals surface area contributed by atoms with E-state index in [-0.39, 0.29) is 6.61 Å². The van der Waals surface area contributed by atoms with Crippen LogP contribution in [0, 0.1) is 12.3 Å². The number of rotatable bonds is 6. The van der Waals surface area contributed by atoms with Crippen LogP contribution in [0.25, 0.3) is 0 Å². The lowest BCUT2D eigenvalue weighted by Crippen LogP contribution is -2.19. The first kappa shape index (κ1) is 15.3. The molecule has 1 aromatic rings. The Labute approximate surface area is 120 Å². The maximum Gasteiger partial charge on any atom is 0.162 e. The third kappa shape index (κ3) is 4.80. The quantitative estimate of drug-likeness (QED) is 0.588. The van der Waals surface area contributed by atoms with Gasteiger partial charge in [0.15, 0.2) is 11.5 Å². The van der Waals surface area contributed by atoms with E-state index < -0.39 is 0 Å². The summed E-state index contributed by atoms with van der Waals surface area (Å²) >= 11 is 5.27. The molecule has 1 rings (SSSR count). The van der Waals surface area contributed by atoms with Gasteiger partial charge in [0.2, 0.25) is 0 Å². The van der Waals surface area contributed by atoms with Gasteiger partial charge in [-0.05, 0) is 24.1 Å². The van der Waals surface area contributed by atoms with Gasteiger partial charge in [-0.2, -0.15) is 0 Å². The minimum atomic E-state index is 0.237. The number of aryl methyl sites for hydroxylation is 1. The fourth-order valence-corrected chi connectivity index (χ4v) is 1.68. The van der Waals surface area contributed by atoms with Crippen molar-refractivity contribution in [2.24, 2.45) is 0 Å². The first-order chi connectivity index (χ1) is 9.08. The zero-order chi connectivity index (χ0) is 14.3. The van der Waals surface area contributed by atoms with Crippen LogP contribution in [0.4, 0.5) is 0 Å². The van der Waals surface area contributed by atoms with E-state index >= 15 is 0 Å². The largest absolute Gasteiger partial charge is 0.493 e. The Morgan fingerprint density at radius 1 is 1.37 bits per heavy atom. The van der Waals surface area contributed by atoms with Crippen molar-refractivity contribution in [2.75, 3.05) is 27.8 Å². The molecule has 0 amide bonds. The summed E-state index contributed by atoms with van der Waals surface area (Å²) in [6.45, 7) is 0.237. The Kier molecular flexibility index (Phi) is 6.17. The van der Waals surface area contributed by atoms with Crippen LogP contribution in [0.5, 0.6) is 11.5 Å². The monoisotopic (exact) mass is 277 g/mol. The lowest BCUT2D eigenvalue weighted by Gasteiger charge is -2.14. The lowest BCUT2D eigenvalue weighted by molar-refractivity contribution is 0.330. The number of hydrogen-bond acceptors (Lipinski definition) is 3. The van der Waals surface area contributed by atoms with Gasteiger partial charge in [-0.25, -0.2) is 0 Å². The standard InChI is InChI=1S/C15H19NO2S/c1-5-10-18-13-8-6-12(11-14(13)17-4)7-9-15(19)16(2)3/h1,6,8,11H,7,9-10H2,2-4H3. The minimum absolute atomic E-state index is 0.237. The molecule has 0 bridgehead atoms. The average molecular weight is 277 g/mol. The Bertz CT molecular complexity index is 478. The van der Waals surface area contributed by atoms with Gasteiger partial charge in [0.25, 0.3) is 0 Å². The highest BCUT2D eigenvalue weighted by molar-refractivity contribution is 7.80. The van der Waals surface area contributed by atoms with Crippen LogP contribution >= 0.6 is 12.2 Å². The third-order valence-corrected chi connectivity index (χ3v) is 3.23. The molecule has 0 saturated carbocycles. The van der Waals surface area contributed by atoms with Gasteiger partial charge < -0.3 is 14.4 Å². The summed E-state index contributed by atoms with van der Waals surface area (Å²) in [6, 6.07) is 5.85. The summed E-state index contributed by atoms with van der Waals surface area (Å²) in [5.74, 6) is 3.80. The van der Waals surface area contributed by atoms with Crippen molar-refractivity contribution in [3.63, 3.8) is 0 Å². The van der Waals surface area contributed by atoms with E-state index in [1.165, 1.54) is 0 Å². The molecule has 0 N–H and O–H groups in total. The van der Waals surface area contributed by atoms with Crippen LogP contribution in [-0.4, -0.2) is 37.7 Å². The van der Waals surface area contributed by atoms with Crippen molar-refractivity contribution in [2.45, 2.75) is 12.8 Å². The van der Waals surface area contributed by atoms with E-state index in [1.54, 1.807) is 7.11 Å². The van der Waals surface area contributed by atoms with E-state index in [9.17, 15) is 0 Å². The SMILES string of the molecule is C#CCOc1ccc(CCC(=S)N(C)C)cc1OC. The Morgan fingerprint density at radius 2 is 2.11 bits per heavy atom. The van der Waals surface area contributed by atoms with Crippen molar-refractivity contribution < 1.29 is 9.47 Å². The van der Waals surface area contributed by atoms with Gasteiger partial charge in [0.05, 0.1) is 12.1 Å². The molecule has 0 aliphatic carbocycles. The van der Waals surface area contributed by atoms with Crippen molar-refractivity contribution in [3.05, 3.63) is 23.8 Å². The van der Waals surface area contributed by atoms with Crippen molar-refractivity contribution >= 4 is 17.2 Å². The Morgan fingerprint density at radius 3 is 2.68 bits per heavy atom. The summed E-state index contributed by atoms with van der Waals surface area (Å²) in [6.07, 6.45) is 6.89. The Hall–Kier alpha value is -1.73. The molecule has 19 heavy (non-hydrogen) atoms. The highest BCUT2D eigenvalue weighted by atomic mass is 32.1. The molecule has 102 valence electrons. The molecule has 0 aliphatic rings. The third-order valence-electron chi connectivity index (χ3n) is 2.67. The van der Waals surface area contributed by atoms with Crippen LogP contribution < -0.4 is 9.47 Å². The van der Waals surface area contributed by atoms with Crippen molar-refractivity contribution in [3.8, 4) is 23.8 Å². The van der Waals surface area contributed by atoms with Crippen molar-refractivity contribution in [1.29, 1.82) is 0 Å². The molecule has 3 nitrogen and oxygen atoms in total. The Balaban J connectivity index is 2.71. The van der Waals surface area contributed by atoms with E-state index in [0.717, 1.165) is 23.4 Å². The molecule has 0 aromatic heterocycles. The maximum atomic E-state index is 5.40. The second-order valence-corrected chi connectivity index (χ2v) is 4.74. The first-order valence-electron chi connectivity index (χ1n) is 6.01. The fraction of sp³-hybridized carbons (Fsp3) is 0.400. The summed E-state index contributed by atoms with van der Waals surface area (Å²) in [5.41, 5.74) is 1.16. The summed E-state index contributed by atoms with van der Waals surface area (Å²) in [7, 11) is 5.53. The summed E-state index contributed by atoms with van der Waals surface area (Å²) < 4.78 is 10.7. The molecule has 0 atom stereocenters. The van der Waals surface area contributed by atoms with Crippen molar-refractivity contribution in [1.82, 2.24) is 4.90 Å². The van der Waals surface area contributed by atoms with Gasteiger partial charge in [0, 0.05) is 20.5 Å². The number of thiocarbonyl (C=S) groups is 1. The number of hydrogen-bond donors (Lipinski definition) is 0. The average Bonchev–Trinajstić information content (AvgIpc) is 2.42. The van der Waals surface area contributed by atoms with E-state index in [2.05, 4.69) is 5.92 Å². The lowest BCUT2D eigenvalue weighted by atomic mass is 10.1. The van der Waals surface area contributed by atoms with Crippen LogP contribution in [-0.2, 0) is 6.42 Å². The zero-order valence-electron chi connectivity index (χ0n) is 11.6.